The number of ketones is 1. The van der Waals surface area contributed by atoms with Crippen molar-refractivity contribution in [1.29, 1.82) is 0 Å². The van der Waals surface area contributed by atoms with Crippen molar-refractivity contribution in [3.05, 3.63) is 65.2 Å². The summed E-state index contributed by atoms with van der Waals surface area (Å²) in [6.45, 7) is 7.89. The average Bonchev–Trinajstić information content (AvgIpc) is 2.70. The minimum Gasteiger partial charge on any atom is -0.451 e. The van der Waals surface area contributed by atoms with Crippen LogP contribution in [-0.4, -0.2) is 48.5 Å². The molecule has 2 aromatic rings. The number of nitrogens with zero attached hydrogens (tertiary/aromatic N) is 1. The lowest BCUT2D eigenvalue weighted by Gasteiger charge is -2.19. The fraction of sp³-hybridized carbons (Fsp3) is 0.375. The third-order valence-electron chi connectivity index (χ3n) is 4.65. The average molecular weight is 428 g/mol. The number of rotatable bonds is 7. The van der Waals surface area contributed by atoms with Gasteiger partial charge in [0.05, 0.1) is 11.3 Å². The Morgan fingerprint density at radius 3 is 2.17 bits per heavy atom. The Labute approximate surface area is 182 Å². The topological polar surface area (TPSA) is 63.7 Å². The fourth-order valence-corrected chi connectivity index (χ4v) is 3.70. The van der Waals surface area contributed by atoms with E-state index in [9.17, 15) is 14.4 Å². The van der Waals surface area contributed by atoms with Crippen molar-refractivity contribution >= 4 is 29.4 Å². The molecule has 2 aromatic carbocycles. The van der Waals surface area contributed by atoms with Gasteiger partial charge in [-0.25, -0.2) is 4.79 Å². The molecular weight excluding hydrogens is 398 g/mol. The second kappa shape index (κ2) is 9.94. The summed E-state index contributed by atoms with van der Waals surface area (Å²) in [5, 5.41) is 0. The largest absolute Gasteiger partial charge is 0.451 e. The molecule has 5 nitrogen and oxygen atoms in total. The number of ether oxygens (including phenoxy) is 1. The molecule has 0 saturated carbocycles. The van der Waals surface area contributed by atoms with Gasteiger partial charge in [-0.15, -0.1) is 11.8 Å². The first-order valence-electron chi connectivity index (χ1n) is 9.78. The highest BCUT2D eigenvalue weighted by molar-refractivity contribution is 8.00. The molecule has 0 radical (unpaired) electrons. The number of carbonyl (C=O) groups is 3. The first-order chi connectivity index (χ1) is 14.0. The van der Waals surface area contributed by atoms with E-state index in [0.29, 0.717) is 16.0 Å². The zero-order valence-electron chi connectivity index (χ0n) is 18.4. The van der Waals surface area contributed by atoms with Gasteiger partial charge in [0.25, 0.3) is 0 Å². The number of amides is 1. The highest BCUT2D eigenvalue weighted by Crippen LogP contribution is 2.25. The number of benzene rings is 2. The highest BCUT2D eigenvalue weighted by atomic mass is 32.2. The minimum absolute atomic E-state index is 0.00496. The van der Waals surface area contributed by atoms with Crippen molar-refractivity contribution in [1.82, 2.24) is 4.90 Å². The molecule has 0 aliphatic heterocycles. The van der Waals surface area contributed by atoms with Gasteiger partial charge in [0.2, 0.25) is 11.7 Å². The van der Waals surface area contributed by atoms with Gasteiger partial charge >= 0.3 is 5.97 Å². The van der Waals surface area contributed by atoms with Crippen molar-refractivity contribution in [2.75, 3.05) is 19.8 Å². The molecular formula is C24H29NO4S. The highest BCUT2D eigenvalue weighted by Gasteiger charge is 2.23. The molecule has 0 N–H and O–H groups in total. The Hall–Kier alpha value is -2.60. The van der Waals surface area contributed by atoms with Crippen molar-refractivity contribution in [2.24, 2.45) is 0 Å². The second-order valence-corrected chi connectivity index (χ2v) is 9.33. The number of hydrogen-bond donors (Lipinski definition) is 0. The molecule has 2 rings (SSSR count). The second-order valence-electron chi connectivity index (χ2n) is 8.31. The standard InChI is InChI=1S/C24H29NO4S/c1-16(22(27)17-11-13-18(14-12-17)24(2,3)4)29-23(28)19-9-7-8-10-20(19)30-15-21(26)25(5)6/h7-14,16H,15H2,1-6H3/t16-/m1/s1. The Kier molecular flexibility index (Phi) is 7.84. The molecule has 0 aliphatic rings. The lowest BCUT2D eigenvalue weighted by atomic mass is 9.86. The van der Waals surface area contributed by atoms with E-state index in [4.69, 9.17) is 4.74 Å². The summed E-state index contributed by atoms with van der Waals surface area (Å²) in [6, 6.07) is 14.3. The summed E-state index contributed by atoms with van der Waals surface area (Å²) in [6.07, 6.45) is -0.917. The van der Waals surface area contributed by atoms with Gasteiger partial charge in [-0.05, 0) is 30.0 Å². The predicted molar refractivity (Wildman–Crippen MR) is 120 cm³/mol. The van der Waals surface area contributed by atoms with Gasteiger partial charge in [-0.2, -0.15) is 0 Å². The maximum Gasteiger partial charge on any atom is 0.339 e. The summed E-state index contributed by atoms with van der Waals surface area (Å²) in [7, 11) is 3.37. The normalized spacial score (nSPS) is 12.2. The number of Topliss-reactive ketones (excluding diaryl/α,β-unsaturated/α-hetero) is 1. The minimum atomic E-state index is -0.917. The number of carbonyl (C=O) groups excluding carboxylic acids is 3. The van der Waals surface area contributed by atoms with Gasteiger partial charge in [-0.3, -0.25) is 9.59 Å². The molecule has 1 amide bonds. The van der Waals surface area contributed by atoms with E-state index >= 15 is 0 Å². The lowest BCUT2D eigenvalue weighted by Crippen LogP contribution is -2.25. The number of hydrogen-bond acceptors (Lipinski definition) is 5. The molecule has 6 heteroatoms. The lowest BCUT2D eigenvalue weighted by molar-refractivity contribution is -0.125. The fourth-order valence-electron chi connectivity index (χ4n) is 2.68. The molecule has 30 heavy (non-hydrogen) atoms. The van der Waals surface area contributed by atoms with Crippen molar-refractivity contribution < 1.29 is 19.1 Å². The van der Waals surface area contributed by atoms with E-state index in [1.807, 2.05) is 12.1 Å². The number of thioether (sulfide) groups is 1. The molecule has 0 spiro atoms. The van der Waals surface area contributed by atoms with Crippen LogP contribution in [-0.2, 0) is 14.9 Å². The van der Waals surface area contributed by atoms with Crippen LogP contribution in [0.2, 0.25) is 0 Å². The molecule has 0 unspecified atom stereocenters. The Balaban J connectivity index is 2.08. The van der Waals surface area contributed by atoms with Crippen LogP contribution in [0.25, 0.3) is 0 Å². The zero-order valence-corrected chi connectivity index (χ0v) is 19.2. The quantitative estimate of drug-likeness (QED) is 0.367. The van der Waals surface area contributed by atoms with Gasteiger partial charge in [0.1, 0.15) is 0 Å². The summed E-state index contributed by atoms with van der Waals surface area (Å²) < 4.78 is 5.45. The van der Waals surface area contributed by atoms with E-state index in [1.54, 1.807) is 57.4 Å². The van der Waals surface area contributed by atoms with Crippen molar-refractivity contribution in [2.45, 2.75) is 44.1 Å². The van der Waals surface area contributed by atoms with E-state index in [0.717, 1.165) is 5.56 Å². The Bertz CT molecular complexity index is 914. The van der Waals surface area contributed by atoms with Crippen molar-refractivity contribution in [3.63, 3.8) is 0 Å². The smallest absolute Gasteiger partial charge is 0.339 e. The van der Waals surface area contributed by atoms with Crippen LogP contribution in [0.4, 0.5) is 0 Å². The predicted octanol–water partition coefficient (Wildman–Crippen LogP) is 4.59. The van der Waals surface area contributed by atoms with Crippen LogP contribution in [0.15, 0.2) is 53.4 Å². The summed E-state index contributed by atoms with van der Waals surface area (Å²) in [5.41, 5.74) is 1.97. The zero-order chi connectivity index (χ0) is 22.5. The third-order valence-corrected chi connectivity index (χ3v) is 5.70. The third kappa shape index (κ3) is 6.20. The van der Waals surface area contributed by atoms with E-state index in [2.05, 4.69) is 20.8 Å². The first kappa shape index (κ1) is 23.7. The first-order valence-corrected chi connectivity index (χ1v) is 10.8. The number of esters is 1. The van der Waals surface area contributed by atoms with Crippen LogP contribution in [0.5, 0.6) is 0 Å². The van der Waals surface area contributed by atoms with Crippen LogP contribution in [0.3, 0.4) is 0 Å². The molecule has 0 aliphatic carbocycles. The maximum absolute atomic E-state index is 12.7. The van der Waals surface area contributed by atoms with Gasteiger partial charge < -0.3 is 9.64 Å². The molecule has 0 heterocycles. The summed E-state index contributed by atoms with van der Waals surface area (Å²) in [4.78, 5) is 39.4. The van der Waals surface area contributed by atoms with E-state index in [1.165, 1.54) is 16.7 Å². The van der Waals surface area contributed by atoms with Crippen molar-refractivity contribution in [3.8, 4) is 0 Å². The van der Waals surface area contributed by atoms with Gasteiger partial charge in [0.15, 0.2) is 6.10 Å². The van der Waals surface area contributed by atoms with Crippen LogP contribution < -0.4 is 0 Å². The van der Waals surface area contributed by atoms with Crippen LogP contribution >= 0.6 is 11.8 Å². The van der Waals surface area contributed by atoms with Crippen LogP contribution in [0, 0.1) is 0 Å². The Morgan fingerprint density at radius 2 is 1.60 bits per heavy atom. The van der Waals surface area contributed by atoms with Crippen LogP contribution in [0.1, 0.15) is 54.0 Å². The maximum atomic E-state index is 12.7. The molecule has 0 saturated heterocycles. The van der Waals surface area contributed by atoms with Gasteiger partial charge in [0, 0.05) is 24.6 Å². The monoisotopic (exact) mass is 427 g/mol. The molecule has 1 atom stereocenters. The molecule has 0 bridgehead atoms. The molecule has 0 aromatic heterocycles. The summed E-state index contributed by atoms with van der Waals surface area (Å²) >= 11 is 1.27. The van der Waals surface area contributed by atoms with E-state index < -0.39 is 12.1 Å². The van der Waals surface area contributed by atoms with E-state index in [-0.39, 0.29) is 22.9 Å². The summed E-state index contributed by atoms with van der Waals surface area (Å²) in [5.74, 6) is -0.670. The SMILES string of the molecule is C[C@@H](OC(=O)c1ccccc1SCC(=O)N(C)C)C(=O)c1ccc(C(C)(C)C)cc1. The molecule has 160 valence electrons. The van der Waals surface area contributed by atoms with Gasteiger partial charge in [-0.1, -0.05) is 57.2 Å². The Morgan fingerprint density at radius 1 is 1.00 bits per heavy atom. The molecule has 0 fully saturated rings.